The summed E-state index contributed by atoms with van der Waals surface area (Å²) in [5, 5.41) is 28.8. The third kappa shape index (κ3) is 4.78. The van der Waals surface area contributed by atoms with Crippen LogP contribution in [0.3, 0.4) is 0 Å². The molecule has 3 heterocycles. The first-order chi connectivity index (χ1) is 15.2. The number of hydrogen-bond acceptors (Lipinski definition) is 11. The van der Waals surface area contributed by atoms with Crippen molar-refractivity contribution in [2.75, 3.05) is 25.7 Å². The molecule has 1 saturated heterocycles. The van der Waals surface area contributed by atoms with Crippen molar-refractivity contribution < 1.29 is 24.3 Å². The summed E-state index contributed by atoms with van der Waals surface area (Å²) < 4.78 is 6.93. The zero-order valence-electron chi connectivity index (χ0n) is 17.3. The number of oxime groups is 1. The third-order valence-electron chi connectivity index (χ3n) is 4.63. The molecule has 2 amide bonds. The molecule has 1 aliphatic rings. The van der Waals surface area contributed by atoms with Crippen molar-refractivity contribution in [2.24, 2.45) is 17.9 Å². The summed E-state index contributed by atoms with van der Waals surface area (Å²) in [6.45, 7) is 1.32. The van der Waals surface area contributed by atoms with Gasteiger partial charge in [0.1, 0.15) is 36.6 Å². The van der Waals surface area contributed by atoms with E-state index in [0.717, 1.165) is 11.3 Å². The highest BCUT2D eigenvalue weighted by atomic mass is 32.1. The van der Waals surface area contributed by atoms with Crippen molar-refractivity contribution in [1.29, 1.82) is 5.41 Å². The number of aryl methyl sites for hydroxylation is 1. The van der Waals surface area contributed by atoms with Gasteiger partial charge in [0.15, 0.2) is 17.5 Å². The lowest BCUT2D eigenvalue weighted by Crippen LogP contribution is -2.70. The predicted molar refractivity (Wildman–Crippen MR) is 114 cm³/mol. The minimum absolute atomic E-state index is 0.0198. The summed E-state index contributed by atoms with van der Waals surface area (Å²) in [6.07, 6.45) is 0. The van der Waals surface area contributed by atoms with Crippen LogP contribution in [0.25, 0.3) is 0 Å². The Morgan fingerprint density at radius 2 is 2.19 bits per heavy atom. The van der Waals surface area contributed by atoms with Crippen LogP contribution in [0.2, 0.25) is 0 Å². The Balaban J connectivity index is 1.61. The number of carbonyl (C=O) groups is 2. The highest BCUT2D eigenvalue weighted by Crippen LogP contribution is 2.19. The topological polar surface area (TPSA) is 207 Å². The van der Waals surface area contributed by atoms with Gasteiger partial charge >= 0.3 is 0 Å². The van der Waals surface area contributed by atoms with Gasteiger partial charge in [0, 0.05) is 18.5 Å². The highest BCUT2D eigenvalue weighted by Gasteiger charge is 2.45. The molecule has 172 valence electrons. The number of amidine groups is 1. The Morgan fingerprint density at radius 1 is 1.44 bits per heavy atom. The molecule has 3 rings (SSSR count). The van der Waals surface area contributed by atoms with Crippen LogP contribution in [-0.4, -0.2) is 80.2 Å². The predicted octanol–water partition coefficient (Wildman–Crippen LogP) is -1.79. The Bertz CT molecular complexity index is 1050. The average molecular weight is 465 g/mol. The first kappa shape index (κ1) is 23.0. The number of nitrogens with zero attached hydrogens (tertiary/aromatic N) is 5. The normalized spacial score (nSPS) is 18.3. The quantitative estimate of drug-likeness (QED) is 0.0881. The molecule has 7 N–H and O–H groups in total. The minimum atomic E-state index is -0.792. The van der Waals surface area contributed by atoms with Gasteiger partial charge in [-0.1, -0.05) is 5.16 Å². The number of nitrogens with two attached hydrogens (primary N) is 2. The van der Waals surface area contributed by atoms with E-state index in [9.17, 15) is 9.59 Å². The van der Waals surface area contributed by atoms with E-state index in [1.807, 2.05) is 0 Å². The van der Waals surface area contributed by atoms with Crippen LogP contribution in [0, 0.1) is 5.41 Å². The molecule has 0 aromatic carbocycles. The van der Waals surface area contributed by atoms with Gasteiger partial charge in [-0.15, -0.1) is 11.3 Å². The van der Waals surface area contributed by atoms with Crippen LogP contribution in [0.4, 0.5) is 5.13 Å². The summed E-state index contributed by atoms with van der Waals surface area (Å²) in [5.74, 6) is -0.882. The van der Waals surface area contributed by atoms with Crippen LogP contribution >= 0.6 is 11.3 Å². The molecule has 0 radical (unpaired) electrons. The van der Waals surface area contributed by atoms with Gasteiger partial charge in [0.05, 0.1) is 6.04 Å². The zero-order chi connectivity index (χ0) is 23.4. The van der Waals surface area contributed by atoms with Gasteiger partial charge in [-0.2, -0.15) is 5.10 Å². The monoisotopic (exact) mass is 465 g/mol. The number of thiazole rings is 1. The Morgan fingerprint density at radius 3 is 2.75 bits per heavy atom. The number of likely N-dealkylation sites (tertiary alicyclic amines) is 1. The van der Waals surface area contributed by atoms with E-state index in [2.05, 4.69) is 20.6 Å². The number of anilines is 1. The molecule has 0 saturated carbocycles. The second-order valence-corrected chi connectivity index (χ2v) is 7.63. The van der Waals surface area contributed by atoms with Crippen molar-refractivity contribution in [3.05, 3.63) is 22.8 Å². The lowest BCUT2D eigenvalue weighted by Gasteiger charge is -2.44. The molecule has 1 aliphatic heterocycles. The number of aliphatic hydroxyl groups excluding tert-OH is 1. The number of hydrogen-bond donors (Lipinski definition) is 5. The van der Waals surface area contributed by atoms with Crippen LogP contribution in [0.1, 0.15) is 18.3 Å². The molecular weight excluding hydrogens is 442 g/mol. The van der Waals surface area contributed by atoms with Crippen molar-refractivity contribution in [1.82, 2.24) is 25.0 Å². The lowest BCUT2D eigenvalue weighted by atomic mass is 9.97. The SMILES string of the molecule is C[C@H]1[C@H](NC(=O)/C(=N\OCCOc2cc(C(=N)N)nn2C)c2csc(N)n2)C(=O)N1CO. The minimum Gasteiger partial charge on any atom is -0.474 e. The van der Waals surface area contributed by atoms with Crippen molar-refractivity contribution in [3.63, 3.8) is 0 Å². The second kappa shape index (κ2) is 9.61. The summed E-state index contributed by atoms with van der Waals surface area (Å²) in [6, 6.07) is 0.348. The maximum atomic E-state index is 12.7. The Kier molecular flexibility index (Phi) is 6.89. The highest BCUT2D eigenvalue weighted by molar-refractivity contribution is 7.13. The smallest absolute Gasteiger partial charge is 0.276 e. The maximum Gasteiger partial charge on any atom is 0.276 e. The second-order valence-electron chi connectivity index (χ2n) is 6.74. The number of nitrogens with one attached hydrogen (secondary N) is 2. The Hall–Kier alpha value is -3.72. The summed E-state index contributed by atoms with van der Waals surface area (Å²) >= 11 is 1.12. The molecular formula is C17H23N9O5S. The molecule has 0 unspecified atom stereocenters. The number of aromatic nitrogens is 3. The molecule has 2 aromatic rings. The number of carbonyl (C=O) groups excluding carboxylic acids is 2. The van der Waals surface area contributed by atoms with E-state index in [-0.39, 0.29) is 47.3 Å². The number of nitrogen functional groups attached to an aromatic ring is 2. The molecule has 2 atom stereocenters. The van der Waals surface area contributed by atoms with Crippen LogP contribution in [0.5, 0.6) is 5.88 Å². The summed E-state index contributed by atoms with van der Waals surface area (Å²) in [4.78, 5) is 35.2. The third-order valence-corrected chi connectivity index (χ3v) is 5.31. The molecule has 0 spiro atoms. The number of aliphatic hydroxyl groups is 1. The number of amides is 2. The maximum absolute atomic E-state index is 12.7. The molecule has 15 heteroatoms. The van der Waals surface area contributed by atoms with Gasteiger partial charge in [0.25, 0.3) is 5.91 Å². The number of β-lactam (4-membered cyclic amide) rings is 1. The summed E-state index contributed by atoms with van der Waals surface area (Å²) in [5.41, 5.74) is 11.4. The lowest BCUT2D eigenvalue weighted by molar-refractivity contribution is -0.157. The Labute approximate surface area is 186 Å². The average Bonchev–Trinajstić information content (AvgIpc) is 3.34. The summed E-state index contributed by atoms with van der Waals surface area (Å²) in [7, 11) is 1.64. The van der Waals surface area contributed by atoms with E-state index >= 15 is 0 Å². The van der Waals surface area contributed by atoms with Crippen molar-refractivity contribution in [3.8, 4) is 5.88 Å². The zero-order valence-corrected chi connectivity index (χ0v) is 18.1. The molecule has 1 fully saturated rings. The fourth-order valence-electron chi connectivity index (χ4n) is 2.89. The van der Waals surface area contributed by atoms with E-state index in [1.165, 1.54) is 15.6 Å². The van der Waals surface area contributed by atoms with Crippen molar-refractivity contribution >= 4 is 39.8 Å². The van der Waals surface area contributed by atoms with Crippen LogP contribution in [0.15, 0.2) is 16.6 Å². The van der Waals surface area contributed by atoms with Crippen LogP contribution < -0.4 is 21.5 Å². The van der Waals surface area contributed by atoms with Gasteiger partial charge in [-0.25, -0.2) is 9.67 Å². The number of ether oxygens (including phenoxy) is 1. The fourth-order valence-corrected chi connectivity index (χ4v) is 3.43. The molecule has 2 aromatic heterocycles. The van der Waals surface area contributed by atoms with E-state index < -0.39 is 24.6 Å². The van der Waals surface area contributed by atoms with E-state index in [4.69, 9.17) is 31.6 Å². The van der Waals surface area contributed by atoms with E-state index in [1.54, 1.807) is 19.4 Å². The molecule has 14 nitrogen and oxygen atoms in total. The first-order valence-electron chi connectivity index (χ1n) is 9.37. The number of rotatable bonds is 10. The van der Waals surface area contributed by atoms with Gasteiger partial charge in [0.2, 0.25) is 11.8 Å². The largest absolute Gasteiger partial charge is 0.474 e. The molecule has 32 heavy (non-hydrogen) atoms. The molecule has 0 aliphatic carbocycles. The van der Waals surface area contributed by atoms with Crippen LogP contribution in [-0.2, 0) is 21.5 Å². The van der Waals surface area contributed by atoms with Gasteiger partial charge in [-0.05, 0) is 6.92 Å². The van der Waals surface area contributed by atoms with E-state index in [0.29, 0.717) is 5.88 Å². The van der Waals surface area contributed by atoms with Crippen molar-refractivity contribution in [2.45, 2.75) is 19.0 Å². The van der Waals surface area contributed by atoms with Gasteiger partial charge < -0.3 is 36.4 Å². The fraction of sp³-hybridized carbons (Fsp3) is 0.412. The van der Waals surface area contributed by atoms with Gasteiger partial charge in [-0.3, -0.25) is 15.0 Å². The molecule has 0 bridgehead atoms. The standard InChI is InChI=1S/C17H23N9O5S/c1-8-12(16(29)26(8)7-27)22-15(28)13(10-6-32-17(20)21-10)24-31-4-3-30-11-5-9(14(18)19)23-25(11)2/h5-6,8,12,27H,3-4,7H2,1-2H3,(H3,18,19)(H2,20,21)(H,22,28)/b24-13-/t8-,12-/m0/s1. The first-order valence-corrected chi connectivity index (χ1v) is 10.3.